The summed E-state index contributed by atoms with van der Waals surface area (Å²) >= 11 is 5.65. The second-order valence-electron chi connectivity index (χ2n) is 7.93. The zero-order chi connectivity index (χ0) is 25.4. The number of hydrogen-bond donors (Lipinski definition) is 0. The number of thiocarbonyl (C=S) groups is 1. The molecule has 0 N–H and O–H groups in total. The average Bonchev–Trinajstić information content (AvgIpc) is 2.85. The third-order valence-corrected chi connectivity index (χ3v) is 6.12. The lowest BCUT2D eigenvalue weighted by Gasteiger charge is -2.45. The molecule has 2 aromatic rings. The molecule has 2 aromatic carbocycles. The Morgan fingerprint density at radius 3 is 1.46 bits per heavy atom. The standard InChI is InChI=1S/C26H28N2O6S/c1-3-33-21(29)15-17-26(18-16-22(30)34-4-2)23(31)27(19-11-7-5-8-12-19)25(35)28(24(26)32)20-13-9-6-10-14-20/h5-14H,3-4,15-18H2,1-2H3. The largest absolute Gasteiger partial charge is 0.466 e. The van der Waals surface area contributed by atoms with Crippen LogP contribution in [0.4, 0.5) is 11.4 Å². The van der Waals surface area contributed by atoms with Gasteiger partial charge in [0.1, 0.15) is 5.41 Å². The van der Waals surface area contributed by atoms with Crippen molar-refractivity contribution in [2.24, 2.45) is 5.41 Å². The lowest BCUT2D eigenvalue weighted by Crippen LogP contribution is -2.66. The molecular formula is C26H28N2O6S. The number of nitrogens with zero attached hydrogens (tertiary/aromatic N) is 2. The zero-order valence-electron chi connectivity index (χ0n) is 19.8. The van der Waals surface area contributed by atoms with Gasteiger partial charge in [-0.1, -0.05) is 36.4 Å². The number of para-hydroxylation sites is 2. The Labute approximate surface area is 209 Å². The van der Waals surface area contributed by atoms with Gasteiger partial charge in [0, 0.05) is 12.8 Å². The first kappa shape index (κ1) is 26.0. The number of esters is 2. The van der Waals surface area contributed by atoms with Gasteiger partial charge >= 0.3 is 11.9 Å². The van der Waals surface area contributed by atoms with Crippen LogP contribution in [-0.2, 0) is 28.7 Å². The maximum absolute atomic E-state index is 14.1. The van der Waals surface area contributed by atoms with E-state index in [4.69, 9.17) is 21.7 Å². The third-order valence-electron chi connectivity index (χ3n) is 5.76. The van der Waals surface area contributed by atoms with Crippen LogP contribution >= 0.6 is 12.2 Å². The number of hydrogen-bond acceptors (Lipinski definition) is 7. The minimum Gasteiger partial charge on any atom is -0.466 e. The van der Waals surface area contributed by atoms with Crippen LogP contribution in [0.2, 0.25) is 0 Å². The maximum atomic E-state index is 14.1. The smallest absolute Gasteiger partial charge is 0.305 e. The van der Waals surface area contributed by atoms with Crippen molar-refractivity contribution in [3.8, 4) is 0 Å². The van der Waals surface area contributed by atoms with Crippen molar-refractivity contribution in [3.63, 3.8) is 0 Å². The van der Waals surface area contributed by atoms with Gasteiger partial charge in [0.2, 0.25) is 11.8 Å². The number of benzene rings is 2. The fraction of sp³-hybridized carbons (Fsp3) is 0.346. The van der Waals surface area contributed by atoms with Crippen molar-refractivity contribution in [1.29, 1.82) is 0 Å². The van der Waals surface area contributed by atoms with Gasteiger partial charge in [-0.15, -0.1) is 0 Å². The van der Waals surface area contributed by atoms with E-state index in [0.717, 1.165) is 0 Å². The van der Waals surface area contributed by atoms with Crippen LogP contribution < -0.4 is 9.80 Å². The second kappa shape index (κ2) is 11.7. The van der Waals surface area contributed by atoms with Gasteiger partial charge in [0.05, 0.1) is 24.6 Å². The second-order valence-corrected chi connectivity index (χ2v) is 8.29. The number of carbonyl (C=O) groups is 4. The van der Waals surface area contributed by atoms with Crippen molar-refractivity contribution >= 4 is 52.5 Å². The summed E-state index contributed by atoms with van der Waals surface area (Å²) < 4.78 is 10.1. The summed E-state index contributed by atoms with van der Waals surface area (Å²) in [4.78, 5) is 55.3. The molecule has 0 spiro atoms. The summed E-state index contributed by atoms with van der Waals surface area (Å²) in [5.74, 6) is -2.23. The highest BCUT2D eigenvalue weighted by atomic mass is 32.1. The summed E-state index contributed by atoms with van der Waals surface area (Å²) in [6.07, 6.45) is -0.630. The van der Waals surface area contributed by atoms with Gasteiger partial charge in [-0.2, -0.15) is 0 Å². The molecule has 0 aliphatic carbocycles. The molecule has 1 fully saturated rings. The van der Waals surface area contributed by atoms with Crippen LogP contribution in [0.25, 0.3) is 0 Å². The van der Waals surface area contributed by atoms with Crippen molar-refractivity contribution < 1.29 is 28.7 Å². The highest BCUT2D eigenvalue weighted by Gasteiger charge is 2.56. The number of carbonyl (C=O) groups excluding carboxylic acids is 4. The van der Waals surface area contributed by atoms with E-state index < -0.39 is 29.2 Å². The molecule has 35 heavy (non-hydrogen) atoms. The third kappa shape index (κ3) is 5.57. The molecule has 1 aliphatic heterocycles. The molecule has 8 nitrogen and oxygen atoms in total. The van der Waals surface area contributed by atoms with Crippen LogP contribution in [0, 0.1) is 5.41 Å². The Balaban J connectivity index is 2.13. The number of amides is 2. The van der Waals surface area contributed by atoms with Crippen LogP contribution in [0.15, 0.2) is 60.7 Å². The van der Waals surface area contributed by atoms with Gasteiger partial charge in [-0.3, -0.25) is 29.0 Å². The van der Waals surface area contributed by atoms with E-state index in [9.17, 15) is 19.2 Å². The normalized spacial score (nSPS) is 15.2. The highest BCUT2D eigenvalue weighted by molar-refractivity contribution is 7.81. The summed E-state index contributed by atoms with van der Waals surface area (Å²) in [7, 11) is 0. The van der Waals surface area contributed by atoms with Crippen molar-refractivity contribution in [3.05, 3.63) is 60.7 Å². The quantitative estimate of drug-likeness (QED) is 0.279. The number of anilines is 2. The molecule has 0 radical (unpaired) electrons. The Morgan fingerprint density at radius 2 is 1.11 bits per heavy atom. The minimum atomic E-state index is -1.73. The zero-order valence-corrected chi connectivity index (χ0v) is 20.6. The predicted molar refractivity (Wildman–Crippen MR) is 135 cm³/mol. The van der Waals surface area contributed by atoms with Crippen LogP contribution in [0.3, 0.4) is 0 Å². The van der Waals surface area contributed by atoms with Gasteiger partial charge in [-0.25, -0.2) is 0 Å². The summed E-state index contributed by atoms with van der Waals surface area (Å²) in [5.41, 5.74) is -0.770. The van der Waals surface area contributed by atoms with E-state index in [1.54, 1.807) is 74.5 Å². The van der Waals surface area contributed by atoms with Gasteiger partial charge in [-0.05, 0) is 63.2 Å². The average molecular weight is 497 g/mol. The lowest BCUT2D eigenvalue weighted by atomic mass is 9.74. The Morgan fingerprint density at radius 1 is 0.743 bits per heavy atom. The Hall–Kier alpha value is -3.59. The van der Waals surface area contributed by atoms with E-state index in [2.05, 4.69) is 0 Å². The predicted octanol–water partition coefficient (Wildman–Crippen LogP) is 4.02. The Kier molecular flexibility index (Phi) is 8.70. The number of ether oxygens (including phenoxy) is 2. The van der Waals surface area contributed by atoms with Gasteiger partial charge in [0.25, 0.3) is 0 Å². The highest BCUT2D eigenvalue weighted by Crippen LogP contribution is 2.42. The molecule has 184 valence electrons. The van der Waals surface area contributed by atoms with Crippen molar-refractivity contribution in [2.45, 2.75) is 39.5 Å². The molecule has 3 rings (SSSR count). The summed E-state index contributed by atoms with van der Waals surface area (Å²) in [6.45, 7) is 3.70. The molecule has 9 heteroatoms. The molecule has 1 saturated heterocycles. The molecule has 0 atom stereocenters. The molecule has 1 aliphatic rings. The fourth-order valence-corrected chi connectivity index (χ4v) is 4.43. The molecular weight excluding hydrogens is 468 g/mol. The monoisotopic (exact) mass is 496 g/mol. The molecule has 1 heterocycles. The molecule has 2 amide bonds. The van der Waals surface area contributed by atoms with E-state index in [1.807, 2.05) is 0 Å². The van der Waals surface area contributed by atoms with Crippen LogP contribution in [0.1, 0.15) is 39.5 Å². The van der Waals surface area contributed by atoms with Crippen LogP contribution in [0.5, 0.6) is 0 Å². The first-order valence-electron chi connectivity index (χ1n) is 11.5. The molecule has 0 aromatic heterocycles. The molecule has 0 saturated carbocycles. The first-order valence-corrected chi connectivity index (χ1v) is 11.9. The van der Waals surface area contributed by atoms with Gasteiger partial charge in [0.15, 0.2) is 5.11 Å². The SMILES string of the molecule is CCOC(=O)CCC1(CCC(=O)OCC)C(=O)N(c2ccccc2)C(=S)N(c2ccccc2)C1=O. The maximum Gasteiger partial charge on any atom is 0.305 e. The van der Waals surface area contributed by atoms with Crippen molar-refractivity contribution in [2.75, 3.05) is 23.0 Å². The van der Waals surface area contributed by atoms with Crippen molar-refractivity contribution in [1.82, 2.24) is 0 Å². The topological polar surface area (TPSA) is 93.2 Å². The number of rotatable bonds is 10. The van der Waals surface area contributed by atoms with E-state index in [-0.39, 0.29) is 44.0 Å². The fourth-order valence-electron chi connectivity index (χ4n) is 4.05. The van der Waals surface area contributed by atoms with Gasteiger partial charge < -0.3 is 9.47 Å². The lowest BCUT2D eigenvalue weighted by molar-refractivity contribution is -0.147. The van der Waals surface area contributed by atoms with Crippen LogP contribution in [-0.4, -0.2) is 42.1 Å². The summed E-state index contributed by atoms with van der Waals surface area (Å²) in [5, 5.41) is 0.000273. The van der Waals surface area contributed by atoms with E-state index in [1.165, 1.54) is 9.80 Å². The molecule has 0 unspecified atom stereocenters. The summed E-state index contributed by atoms with van der Waals surface area (Å²) in [6, 6.07) is 17.5. The van der Waals surface area contributed by atoms with E-state index in [0.29, 0.717) is 11.4 Å². The minimum absolute atomic E-state index is 0.000273. The Bertz CT molecular complexity index is 1000. The first-order chi connectivity index (χ1) is 16.9. The van der Waals surface area contributed by atoms with E-state index >= 15 is 0 Å². The molecule has 0 bridgehead atoms.